The van der Waals surface area contributed by atoms with E-state index in [1.807, 2.05) is 20.8 Å². The molecule has 4 atom stereocenters. The fraction of sp³-hybridized carbons (Fsp3) is 0.409. The van der Waals surface area contributed by atoms with Gasteiger partial charge in [-0.25, -0.2) is 4.79 Å². The van der Waals surface area contributed by atoms with E-state index >= 15 is 0 Å². The number of esters is 1. The first-order valence-electron chi connectivity index (χ1n) is 9.60. The van der Waals surface area contributed by atoms with Gasteiger partial charge in [-0.3, -0.25) is 9.59 Å². The monoisotopic (exact) mass is 431 g/mol. The molecule has 3 rings (SSSR count). The fourth-order valence-electron chi connectivity index (χ4n) is 3.71. The van der Waals surface area contributed by atoms with E-state index in [0.717, 1.165) is 0 Å². The minimum Gasteiger partial charge on any atom is -0.465 e. The minimum atomic E-state index is -1.49. The molecule has 1 aromatic carbocycles. The van der Waals surface area contributed by atoms with Crippen LogP contribution in [0, 0.1) is 5.92 Å². The predicted octanol–water partition coefficient (Wildman–Crippen LogP) is 2.55. The number of benzene rings is 1. The van der Waals surface area contributed by atoms with Crippen molar-refractivity contribution in [2.24, 2.45) is 5.92 Å². The van der Waals surface area contributed by atoms with Crippen LogP contribution in [0.5, 0.6) is 5.75 Å². The Hall–Kier alpha value is -2.58. The van der Waals surface area contributed by atoms with Crippen LogP contribution in [0.1, 0.15) is 31.1 Å². The number of β-lactam (4-membered cyclic amide) rings is 1. The van der Waals surface area contributed by atoms with E-state index in [0.29, 0.717) is 5.75 Å². The standard InChI is InChI=1S/C22H25NO6S/c1-5-11-28-14-9-7-13(8-10-14)16(24)17(25)15-19(26)23-18(21(27)29-12-6-2)22(3,4)30-20(15)23/h5-11,15,17-18,20,25H,2,12H2,1,3-4H3/b11-5-/t15-,17+,18+,20-/m1/s1. The zero-order valence-electron chi connectivity index (χ0n) is 17.1. The maximum atomic E-state index is 12.8. The fourth-order valence-corrected chi connectivity index (χ4v) is 5.42. The maximum Gasteiger partial charge on any atom is 0.330 e. The first kappa shape index (κ1) is 22.1. The van der Waals surface area contributed by atoms with Crippen LogP contribution in [0.3, 0.4) is 0 Å². The zero-order chi connectivity index (χ0) is 22.1. The number of thioether (sulfide) groups is 1. The number of aliphatic hydroxyl groups is 1. The summed E-state index contributed by atoms with van der Waals surface area (Å²) in [5.74, 6) is -1.83. The molecule has 7 nitrogen and oxygen atoms in total. The molecule has 8 heteroatoms. The van der Waals surface area contributed by atoms with Gasteiger partial charge in [0.2, 0.25) is 5.91 Å². The zero-order valence-corrected chi connectivity index (χ0v) is 17.9. The third-order valence-corrected chi connectivity index (χ3v) is 6.73. The van der Waals surface area contributed by atoms with Gasteiger partial charge in [0.15, 0.2) is 5.78 Å². The molecule has 0 radical (unpaired) electrons. The number of aliphatic hydroxyl groups excluding tert-OH is 1. The number of carbonyl (C=O) groups is 3. The van der Waals surface area contributed by atoms with Crippen molar-refractivity contribution in [1.82, 2.24) is 4.90 Å². The Kier molecular flexibility index (Phi) is 6.38. The van der Waals surface area contributed by atoms with Crippen molar-refractivity contribution in [3.05, 3.63) is 54.8 Å². The van der Waals surface area contributed by atoms with E-state index in [1.54, 1.807) is 30.3 Å². The lowest BCUT2D eigenvalue weighted by molar-refractivity contribution is -0.169. The summed E-state index contributed by atoms with van der Waals surface area (Å²) in [5.41, 5.74) is 0.283. The van der Waals surface area contributed by atoms with Gasteiger partial charge < -0.3 is 19.5 Å². The van der Waals surface area contributed by atoms with Crippen LogP contribution < -0.4 is 4.74 Å². The number of amides is 1. The van der Waals surface area contributed by atoms with Crippen LogP contribution in [-0.4, -0.2) is 56.5 Å². The molecule has 0 unspecified atom stereocenters. The second-order valence-corrected chi connectivity index (χ2v) is 9.40. The minimum absolute atomic E-state index is 0.0566. The van der Waals surface area contributed by atoms with Crippen molar-refractivity contribution in [2.45, 2.75) is 43.0 Å². The van der Waals surface area contributed by atoms with Crippen molar-refractivity contribution in [3.63, 3.8) is 0 Å². The highest BCUT2D eigenvalue weighted by molar-refractivity contribution is 8.01. The molecular weight excluding hydrogens is 406 g/mol. The molecular formula is C22H25NO6S. The largest absolute Gasteiger partial charge is 0.465 e. The molecule has 0 spiro atoms. The predicted molar refractivity (Wildman–Crippen MR) is 113 cm³/mol. The average molecular weight is 432 g/mol. The van der Waals surface area contributed by atoms with E-state index < -0.39 is 45.8 Å². The molecule has 2 fully saturated rings. The second-order valence-electron chi connectivity index (χ2n) is 7.63. The Morgan fingerprint density at radius 3 is 2.60 bits per heavy atom. The number of nitrogens with zero attached hydrogens (tertiary/aromatic N) is 1. The molecule has 0 aliphatic carbocycles. The molecule has 0 aromatic heterocycles. The lowest BCUT2D eigenvalue weighted by Gasteiger charge is -2.45. The van der Waals surface area contributed by atoms with Crippen molar-refractivity contribution in [3.8, 4) is 5.75 Å². The highest BCUT2D eigenvalue weighted by Crippen LogP contribution is 2.54. The number of fused-ring (bicyclic) bond motifs is 1. The van der Waals surface area contributed by atoms with E-state index in [2.05, 4.69) is 6.58 Å². The average Bonchev–Trinajstić information content (AvgIpc) is 2.97. The van der Waals surface area contributed by atoms with Crippen molar-refractivity contribution in [2.75, 3.05) is 6.61 Å². The van der Waals surface area contributed by atoms with E-state index in [9.17, 15) is 19.5 Å². The van der Waals surface area contributed by atoms with E-state index in [-0.39, 0.29) is 12.2 Å². The van der Waals surface area contributed by atoms with Crippen LogP contribution in [0.2, 0.25) is 0 Å². The topological polar surface area (TPSA) is 93.1 Å². The molecule has 2 heterocycles. The third kappa shape index (κ3) is 3.89. The quantitative estimate of drug-likeness (QED) is 0.222. The number of carbonyl (C=O) groups excluding carboxylic acids is 3. The normalized spacial score (nSPS) is 25.4. The summed E-state index contributed by atoms with van der Waals surface area (Å²) < 4.78 is 9.86. The Morgan fingerprint density at radius 2 is 2.00 bits per heavy atom. The number of rotatable bonds is 8. The molecule has 2 saturated heterocycles. The molecule has 1 aromatic rings. The maximum absolute atomic E-state index is 12.8. The first-order valence-corrected chi connectivity index (χ1v) is 10.5. The highest BCUT2D eigenvalue weighted by Gasteiger charge is 2.66. The summed E-state index contributed by atoms with van der Waals surface area (Å²) in [5, 5.41) is 10.2. The third-order valence-electron chi connectivity index (χ3n) is 5.14. The molecule has 2 aliphatic rings. The molecule has 1 amide bonds. The summed E-state index contributed by atoms with van der Waals surface area (Å²) in [7, 11) is 0. The number of hydrogen-bond donors (Lipinski definition) is 1. The van der Waals surface area contributed by atoms with E-state index in [4.69, 9.17) is 9.47 Å². The van der Waals surface area contributed by atoms with Crippen molar-refractivity contribution in [1.29, 1.82) is 0 Å². The smallest absolute Gasteiger partial charge is 0.330 e. The summed E-state index contributed by atoms with van der Waals surface area (Å²) in [6.07, 6.45) is 3.22. The highest BCUT2D eigenvalue weighted by atomic mass is 32.2. The number of ketones is 1. The first-order chi connectivity index (χ1) is 14.2. The van der Waals surface area contributed by atoms with Gasteiger partial charge in [-0.15, -0.1) is 11.8 Å². The molecule has 160 valence electrons. The Balaban J connectivity index is 1.73. The number of allylic oxidation sites excluding steroid dienone is 1. The van der Waals surface area contributed by atoms with Gasteiger partial charge in [0.05, 0.1) is 11.6 Å². The van der Waals surface area contributed by atoms with Crippen LogP contribution in [0.15, 0.2) is 49.3 Å². The Labute approximate surface area is 179 Å². The number of hydrogen-bond acceptors (Lipinski definition) is 7. The molecule has 0 saturated carbocycles. The lowest BCUT2D eigenvalue weighted by atomic mass is 9.85. The lowest BCUT2D eigenvalue weighted by Crippen LogP contribution is -2.66. The molecule has 0 bridgehead atoms. The Morgan fingerprint density at radius 1 is 1.33 bits per heavy atom. The van der Waals surface area contributed by atoms with Gasteiger partial charge in [-0.2, -0.15) is 0 Å². The van der Waals surface area contributed by atoms with Gasteiger partial charge in [0.1, 0.15) is 30.4 Å². The molecule has 2 aliphatic heterocycles. The van der Waals surface area contributed by atoms with Gasteiger partial charge in [0, 0.05) is 10.3 Å². The number of Topliss-reactive ketones (excluding diaryl/α,β-unsaturated/α-hetero) is 1. The van der Waals surface area contributed by atoms with Crippen LogP contribution in [0.25, 0.3) is 0 Å². The summed E-state index contributed by atoms with van der Waals surface area (Å²) in [6, 6.07) is 5.56. The van der Waals surface area contributed by atoms with Crippen LogP contribution >= 0.6 is 11.8 Å². The van der Waals surface area contributed by atoms with Gasteiger partial charge in [0.25, 0.3) is 0 Å². The van der Waals surface area contributed by atoms with Gasteiger partial charge >= 0.3 is 5.97 Å². The summed E-state index contributed by atoms with van der Waals surface area (Å²) in [6.45, 7) is 9.08. The van der Waals surface area contributed by atoms with Gasteiger partial charge in [-0.1, -0.05) is 18.7 Å². The van der Waals surface area contributed by atoms with Crippen LogP contribution in [0.4, 0.5) is 0 Å². The van der Waals surface area contributed by atoms with Gasteiger partial charge in [-0.05, 0) is 45.0 Å². The molecule has 1 N–H and O–H groups in total. The van der Waals surface area contributed by atoms with E-state index in [1.165, 1.54) is 29.0 Å². The summed E-state index contributed by atoms with van der Waals surface area (Å²) >= 11 is 1.39. The number of ether oxygens (including phenoxy) is 2. The summed E-state index contributed by atoms with van der Waals surface area (Å²) in [4.78, 5) is 39.5. The SMILES string of the molecule is C=CCOC(=O)[C@@H]1N2C(=O)[C@@H]([C@H](O)C(=O)c3ccc(O/C=C\C)cc3)[C@H]2SC1(C)C. The molecule has 30 heavy (non-hydrogen) atoms. The van der Waals surface area contributed by atoms with Crippen molar-refractivity contribution >= 4 is 29.4 Å². The van der Waals surface area contributed by atoms with Crippen molar-refractivity contribution < 1.29 is 29.0 Å². The van der Waals surface area contributed by atoms with Crippen LogP contribution in [-0.2, 0) is 14.3 Å². The Bertz CT molecular complexity index is 878. The second kappa shape index (κ2) is 8.65.